The van der Waals surface area contributed by atoms with E-state index in [9.17, 15) is 4.79 Å². The Balaban J connectivity index is 1.66. The number of anilines is 2. The number of rotatable bonds is 6. The van der Waals surface area contributed by atoms with Gasteiger partial charge in [-0.15, -0.1) is 0 Å². The molecule has 1 unspecified atom stereocenters. The minimum atomic E-state index is -0.336. The van der Waals surface area contributed by atoms with Crippen molar-refractivity contribution in [1.29, 1.82) is 0 Å². The normalized spacial score (nSPS) is 17.3. The van der Waals surface area contributed by atoms with Crippen molar-refractivity contribution in [3.8, 4) is 5.88 Å². The molecule has 0 aliphatic carbocycles. The van der Waals surface area contributed by atoms with Crippen molar-refractivity contribution in [2.24, 2.45) is 0 Å². The fourth-order valence-corrected chi connectivity index (χ4v) is 2.49. The van der Waals surface area contributed by atoms with Crippen LogP contribution in [-0.2, 0) is 4.79 Å². The molecule has 7 heteroatoms. The summed E-state index contributed by atoms with van der Waals surface area (Å²) in [7, 11) is 0. The maximum Gasteiger partial charge on any atom is 0.249 e. The lowest BCUT2D eigenvalue weighted by Gasteiger charge is -2.17. The molecule has 1 aromatic heterocycles. The van der Waals surface area contributed by atoms with E-state index in [1.807, 2.05) is 30.3 Å². The monoisotopic (exact) mass is 314 g/mol. The molecule has 2 N–H and O–H groups in total. The third kappa shape index (κ3) is 3.57. The number of para-hydroxylation sites is 1. The lowest BCUT2D eigenvalue weighted by atomic mass is 10.2. The van der Waals surface area contributed by atoms with Gasteiger partial charge >= 0.3 is 0 Å². The molecule has 0 saturated carbocycles. The van der Waals surface area contributed by atoms with Crippen molar-refractivity contribution in [2.45, 2.75) is 12.5 Å². The molecule has 2 aromatic rings. The Morgan fingerprint density at radius 1 is 1.30 bits per heavy atom. The van der Waals surface area contributed by atoms with Crippen LogP contribution in [-0.4, -0.2) is 46.8 Å². The second-order valence-electron chi connectivity index (χ2n) is 5.13. The van der Waals surface area contributed by atoms with Crippen LogP contribution in [0.2, 0.25) is 0 Å². The summed E-state index contributed by atoms with van der Waals surface area (Å²) in [5.74, 6) is 0.808. The van der Waals surface area contributed by atoms with Gasteiger partial charge in [0.2, 0.25) is 11.8 Å². The molecule has 1 atom stereocenters. The molecule has 0 bridgehead atoms. The smallest absolute Gasteiger partial charge is 0.249 e. The zero-order chi connectivity index (χ0) is 16.1. The van der Waals surface area contributed by atoms with Gasteiger partial charge in [0.1, 0.15) is 18.5 Å². The highest BCUT2D eigenvalue weighted by Gasteiger charge is 2.32. The van der Waals surface area contributed by atoms with E-state index in [0.717, 1.165) is 5.69 Å². The van der Waals surface area contributed by atoms with Gasteiger partial charge in [-0.05, 0) is 18.6 Å². The number of hydrogen-bond acceptors (Lipinski definition) is 6. The summed E-state index contributed by atoms with van der Waals surface area (Å²) in [5.41, 5.74) is 0.896. The topological polar surface area (TPSA) is 87.6 Å². The Kier molecular flexibility index (Phi) is 4.68. The molecule has 1 aromatic carbocycles. The third-order valence-electron chi connectivity index (χ3n) is 3.55. The Hall–Kier alpha value is -2.67. The van der Waals surface area contributed by atoms with Crippen LogP contribution in [0.3, 0.4) is 0 Å². The molecule has 1 aliphatic rings. The number of aliphatic hydroxyl groups is 1. The number of carbonyl (C=O) groups is 1. The first-order chi connectivity index (χ1) is 11.3. The zero-order valence-corrected chi connectivity index (χ0v) is 12.6. The highest BCUT2D eigenvalue weighted by atomic mass is 16.5. The van der Waals surface area contributed by atoms with Gasteiger partial charge in [0.25, 0.3) is 0 Å². The van der Waals surface area contributed by atoms with E-state index in [-0.39, 0.29) is 25.2 Å². The molecule has 1 aliphatic heterocycles. The van der Waals surface area contributed by atoms with E-state index < -0.39 is 0 Å². The van der Waals surface area contributed by atoms with E-state index in [1.165, 1.54) is 6.20 Å². The Labute approximate surface area is 133 Å². The fourth-order valence-electron chi connectivity index (χ4n) is 2.49. The van der Waals surface area contributed by atoms with Crippen LogP contribution < -0.4 is 15.0 Å². The number of benzene rings is 1. The Morgan fingerprint density at radius 3 is 2.91 bits per heavy atom. The van der Waals surface area contributed by atoms with E-state index in [2.05, 4.69) is 15.3 Å². The van der Waals surface area contributed by atoms with Crippen molar-refractivity contribution in [1.82, 2.24) is 9.97 Å². The third-order valence-corrected chi connectivity index (χ3v) is 3.55. The Morgan fingerprint density at radius 2 is 2.13 bits per heavy atom. The van der Waals surface area contributed by atoms with Crippen LogP contribution in [0.1, 0.15) is 6.42 Å². The van der Waals surface area contributed by atoms with E-state index in [4.69, 9.17) is 9.84 Å². The van der Waals surface area contributed by atoms with Crippen LogP contribution >= 0.6 is 0 Å². The van der Waals surface area contributed by atoms with Gasteiger partial charge in [0.05, 0.1) is 19.0 Å². The molecule has 120 valence electrons. The summed E-state index contributed by atoms with van der Waals surface area (Å²) in [6.07, 6.45) is 3.70. The number of nitrogens with one attached hydrogen (secondary N) is 1. The van der Waals surface area contributed by atoms with Gasteiger partial charge in [0, 0.05) is 12.2 Å². The highest BCUT2D eigenvalue weighted by molar-refractivity contribution is 6.00. The summed E-state index contributed by atoms with van der Waals surface area (Å²) < 4.78 is 5.22. The number of aliphatic hydroxyl groups excluding tert-OH is 1. The van der Waals surface area contributed by atoms with Crippen LogP contribution in [0.4, 0.5) is 11.5 Å². The molecule has 0 spiro atoms. The summed E-state index contributed by atoms with van der Waals surface area (Å²) in [4.78, 5) is 22.5. The second kappa shape index (κ2) is 7.06. The summed E-state index contributed by atoms with van der Waals surface area (Å²) in [5, 5.41) is 11.9. The predicted molar refractivity (Wildman–Crippen MR) is 85.4 cm³/mol. The van der Waals surface area contributed by atoms with Crippen molar-refractivity contribution in [3.63, 3.8) is 0 Å². The molecule has 2 heterocycles. The van der Waals surface area contributed by atoms with E-state index >= 15 is 0 Å². The maximum atomic E-state index is 12.5. The minimum absolute atomic E-state index is 0.0136. The van der Waals surface area contributed by atoms with Crippen LogP contribution in [0.15, 0.2) is 42.7 Å². The first-order valence-electron chi connectivity index (χ1n) is 7.46. The number of hydrogen-bond donors (Lipinski definition) is 2. The molecule has 0 radical (unpaired) electrons. The summed E-state index contributed by atoms with van der Waals surface area (Å²) in [6.45, 7) is 0.726. The SMILES string of the molecule is O=C1C(Nc2cncc(OCCO)n2)CCN1c1ccccc1. The molecule has 7 nitrogen and oxygen atoms in total. The fraction of sp³-hybridized carbons (Fsp3) is 0.312. The molecule has 1 fully saturated rings. The molecule has 1 saturated heterocycles. The lowest BCUT2D eigenvalue weighted by Crippen LogP contribution is -2.33. The van der Waals surface area contributed by atoms with E-state index in [1.54, 1.807) is 11.1 Å². The van der Waals surface area contributed by atoms with Gasteiger partial charge in [-0.1, -0.05) is 18.2 Å². The van der Waals surface area contributed by atoms with Crippen molar-refractivity contribution in [3.05, 3.63) is 42.7 Å². The number of ether oxygens (including phenoxy) is 1. The van der Waals surface area contributed by atoms with Gasteiger partial charge in [0.15, 0.2) is 0 Å². The largest absolute Gasteiger partial charge is 0.474 e. The second-order valence-corrected chi connectivity index (χ2v) is 5.13. The average molecular weight is 314 g/mol. The number of amides is 1. The van der Waals surface area contributed by atoms with Gasteiger partial charge in [-0.3, -0.25) is 9.78 Å². The highest BCUT2D eigenvalue weighted by Crippen LogP contribution is 2.23. The summed E-state index contributed by atoms with van der Waals surface area (Å²) in [6, 6.07) is 9.26. The van der Waals surface area contributed by atoms with Gasteiger partial charge in [-0.25, -0.2) is 0 Å². The Bertz CT molecular complexity index is 665. The average Bonchev–Trinajstić information content (AvgIpc) is 2.95. The molecule has 3 rings (SSSR count). The maximum absolute atomic E-state index is 12.5. The van der Waals surface area contributed by atoms with E-state index in [0.29, 0.717) is 24.7 Å². The number of nitrogens with zero attached hydrogens (tertiary/aromatic N) is 3. The molecule has 1 amide bonds. The minimum Gasteiger partial charge on any atom is -0.474 e. The molecular formula is C16H18N4O3. The zero-order valence-electron chi connectivity index (χ0n) is 12.6. The summed E-state index contributed by atoms with van der Waals surface area (Å²) >= 11 is 0. The van der Waals surface area contributed by atoms with Crippen LogP contribution in [0, 0.1) is 0 Å². The first kappa shape index (κ1) is 15.2. The molecule has 23 heavy (non-hydrogen) atoms. The standard InChI is InChI=1S/C16H18N4O3/c21-8-9-23-15-11-17-10-14(19-15)18-13-6-7-20(16(13)22)12-4-2-1-3-5-12/h1-5,10-11,13,21H,6-9H2,(H,18,19). The predicted octanol–water partition coefficient (Wildman–Crippen LogP) is 1.07. The number of carbonyl (C=O) groups excluding carboxylic acids is 1. The van der Waals surface area contributed by atoms with Crippen molar-refractivity contribution in [2.75, 3.05) is 30.0 Å². The lowest BCUT2D eigenvalue weighted by molar-refractivity contribution is -0.117. The van der Waals surface area contributed by atoms with Crippen LogP contribution in [0.25, 0.3) is 0 Å². The van der Waals surface area contributed by atoms with Crippen molar-refractivity contribution < 1.29 is 14.6 Å². The quantitative estimate of drug-likeness (QED) is 0.829. The number of aromatic nitrogens is 2. The first-order valence-corrected chi connectivity index (χ1v) is 7.46. The van der Waals surface area contributed by atoms with Crippen molar-refractivity contribution >= 4 is 17.4 Å². The molecular weight excluding hydrogens is 296 g/mol. The van der Waals surface area contributed by atoms with Gasteiger partial charge in [-0.2, -0.15) is 4.98 Å². The van der Waals surface area contributed by atoms with Gasteiger partial charge < -0.3 is 20.1 Å². The van der Waals surface area contributed by atoms with Crippen LogP contribution in [0.5, 0.6) is 5.88 Å².